The monoisotopic (exact) mass is 557 g/mol. The molecule has 0 radical (unpaired) electrons. The molecule has 4 rings (SSSR count). The van der Waals surface area contributed by atoms with Crippen LogP contribution in [0.25, 0.3) is 0 Å². The van der Waals surface area contributed by atoms with Gasteiger partial charge in [-0.25, -0.2) is 8.42 Å². The van der Waals surface area contributed by atoms with Gasteiger partial charge in [0, 0.05) is 32.2 Å². The largest absolute Gasteiger partial charge is 0.391 e. The maximum atomic E-state index is 13.7. The van der Waals surface area contributed by atoms with E-state index in [9.17, 15) is 23.1 Å². The third-order valence-electron chi connectivity index (χ3n) is 7.41. The summed E-state index contributed by atoms with van der Waals surface area (Å²) in [5.41, 5.74) is 2.37. The standard InChI is InChI=1S/C27H35N5O6S/c1-18(33)15-38-17-26(2,3)39(36,37)27(10-11-27)16-32-12-9-21-22(30-31(4)23(21)25(32)35)24(34)29-14-20-7-5-19(13-28)6-8-20/h5-8,18,33H,9-12,14-17H2,1-4H3,(H,29,34)/t18-/m0/s1. The van der Waals surface area contributed by atoms with Gasteiger partial charge in [0.1, 0.15) is 5.69 Å². The molecule has 210 valence electrons. The highest BCUT2D eigenvalue weighted by molar-refractivity contribution is 7.94. The average Bonchev–Trinajstić information content (AvgIpc) is 3.60. The van der Waals surface area contributed by atoms with Crippen LogP contribution in [0.4, 0.5) is 0 Å². The Bertz CT molecular complexity index is 1400. The lowest BCUT2D eigenvalue weighted by atomic mass is 10.0. The highest BCUT2D eigenvalue weighted by Crippen LogP contribution is 2.49. The third-order valence-corrected chi connectivity index (χ3v) is 10.7. The smallest absolute Gasteiger partial charge is 0.272 e. The van der Waals surface area contributed by atoms with E-state index < -0.39 is 31.3 Å². The number of hydrogen-bond donors (Lipinski definition) is 2. The van der Waals surface area contributed by atoms with E-state index in [4.69, 9.17) is 10.00 Å². The first-order valence-corrected chi connectivity index (χ1v) is 14.4. The number of hydrogen-bond acceptors (Lipinski definition) is 8. The Labute approximate surface area is 228 Å². The van der Waals surface area contributed by atoms with Gasteiger partial charge in [-0.15, -0.1) is 0 Å². The lowest BCUT2D eigenvalue weighted by molar-refractivity contribution is 0.0379. The van der Waals surface area contributed by atoms with Gasteiger partial charge >= 0.3 is 0 Å². The summed E-state index contributed by atoms with van der Waals surface area (Å²) in [6, 6.07) is 8.92. The van der Waals surface area contributed by atoms with E-state index in [1.165, 1.54) is 4.68 Å². The Morgan fingerprint density at radius 3 is 2.56 bits per heavy atom. The van der Waals surface area contributed by atoms with Crippen molar-refractivity contribution in [2.45, 2.75) is 62.2 Å². The van der Waals surface area contributed by atoms with Gasteiger partial charge in [-0.1, -0.05) is 12.1 Å². The predicted molar refractivity (Wildman–Crippen MR) is 143 cm³/mol. The van der Waals surface area contributed by atoms with Crippen LogP contribution in [0, 0.1) is 11.3 Å². The molecule has 2 aliphatic rings. The molecule has 2 amide bonds. The summed E-state index contributed by atoms with van der Waals surface area (Å²) in [4.78, 5) is 28.0. The van der Waals surface area contributed by atoms with Crippen LogP contribution >= 0.6 is 0 Å². The fourth-order valence-electron chi connectivity index (χ4n) is 5.00. The van der Waals surface area contributed by atoms with E-state index in [0.29, 0.717) is 30.4 Å². The number of nitrogens with one attached hydrogen (secondary N) is 1. The first kappa shape index (κ1) is 28.7. The van der Waals surface area contributed by atoms with Crippen LogP contribution in [-0.2, 0) is 34.6 Å². The summed E-state index contributed by atoms with van der Waals surface area (Å²) in [6.07, 6.45) is 0.603. The van der Waals surface area contributed by atoms with E-state index in [1.807, 2.05) is 0 Å². The molecule has 1 aliphatic heterocycles. The van der Waals surface area contributed by atoms with Gasteiger partial charge in [0.25, 0.3) is 11.8 Å². The molecule has 0 saturated heterocycles. The van der Waals surface area contributed by atoms with Crippen molar-refractivity contribution < 1.29 is 27.9 Å². The molecule has 2 aromatic rings. The summed E-state index contributed by atoms with van der Waals surface area (Å²) >= 11 is 0. The van der Waals surface area contributed by atoms with Gasteiger partial charge in [-0.3, -0.25) is 14.3 Å². The number of nitrogens with zero attached hydrogens (tertiary/aromatic N) is 4. The lowest BCUT2D eigenvalue weighted by Crippen LogP contribution is -2.52. The van der Waals surface area contributed by atoms with Gasteiger partial charge in [0.15, 0.2) is 15.5 Å². The highest BCUT2D eigenvalue weighted by atomic mass is 32.2. The van der Waals surface area contributed by atoms with Crippen molar-refractivity contribution in [1.82, 2.24) is 20.0 Å². The second-order valence-electron chi connectivity index (χ2n) is 11.1. The summed E-state index contributed by atoms with van der Waals surface area (Å²) in [5.74, 6) is -0.750. The van der Waals surface area contributed by atoms with Crippen LogP contribution in [0.2, 0.25) is 0 Å². The number of nitriles is 1. The van der Waals surface area contributed by atoms with E-state index in [-0.39, 0.29) is 50.1 Å². The number of aryl methyl sites for hydroxylation is 1. The fraction of sp³-hybridized carbons (Fsp3) is 0.556. The maximum Gasteiger partial charge on any atom is 0.272 e. The molecular weight excluding hydrogens is 522 g/mol. The van der Waals surface area contributed by atoms with Crippen LogP contribution < -0.4 is 5.32 Å². The predicted octanol–water partition coefficient (Wildman–Crippen LogP) is 1.34. The lowest BCUT2D eigenvalue weighted by Gasteiger charge is -2.35. The van der Waals surface area contributed by atoms with Crippen molar-refractivity contribution in [3.8, 4) is 6.07 Å². The summed E-state index contributed by atoms with van der Waals surface area (Å²) in [5, 5.41) is 25.5. The molecule has 39 heavy (non-hydrogen) atoms. The number of carbonyl (C=O) groups is 2. The third kappa shape index (κ3) is 5.57. The molecule has 2 heterocycles. The van der Waals surface area contributed by atoms with Crippen LogP contribution in [0.1, 0.15) is 71.3 Å². The van der Waals surface area contributed by atoms with Crippen LogP contribution in [0.15, 0.2) is 24.3 Å². The second-order valence-corrected chi connectivity index (χ2v) is 14.1. The van der Waals surface area contributed by atoms with Gasteiger partial charge in [0.2, 0.25) is 0 Å². The number of fused-ring (bicyclic) bond motifs is 1. The molecule has 1 atom stereocenters. The van der Waals surface area contributed by atoms with E-state index >= 15 is 0 Å². The Balaban J connectivity index is 1.46. The molecule has 0 bridgehead atoms. The summed E-state index contributed by atoms with van der Waals surface area (Å²) in [7, 11) is -2.09. The Morgan fingerprint density at radius 2 is 1.97 bits per heavy atom. The van der Waals surface area contributed by atoms with Gasteiger partial charge in [0.05, 0.1) is 40.4 Å². The quantitative estimate of drug-likeness (QED) is 0.420. The molecule has 12 heteroatoms. The normalized spacial score (nSPS) is 17.3. The number of rotatable bonds is 11. The number of benzene rings is 1. The van der Waals surface area contributed by atoms with Crippen molar-refractivity contribution in [2.75, 3.05) is 26.3 Å². The van der Waals surface area contributed by atoms with Gasteiger partial charge in [-0.05, 0) is 57.7 Å². The second kappa shape index (κ2) is 10.7. The molecule has 0 spiro atoms. The van der Waals surface area contributed by atoms with E-state index in [1.54, 1.807) is 57.0 Å². The van der Waals surface area contributed by atoms with Crippen molar-refractivity contribution in [3.63, 3.8) is 0 Å². The minimum Gasteiger partial charge on any atom is -0.391 e. The van der Waals surface area contributed by atoms with Gasteiger partial charge in [-0.2, -0.15) is 10.4 Å². The fourth-order valence-corrected chi connectivity index (χ4v) is 7.38. The highest BCUT2D eigenvalue weighted by Gasteiger charge is 2.61. The zero-order valence-corrected chi connectivity index (χ0v) is 23.5. The minimum atomic E-state index is -3.69. The molecular formula is C27H35N5O6S. The SMILES string of the molecule is C[C@H](O)COCC(C)(C)S(=O)(=O)C1(CN2CCc3c(C(=O)NCc4ccc(C#N)cc4)nn(C)c3C2=O)CC1. The Morgan fingerprint density at radius 1 is 1.31 bits per heavy atom. The van der Waals surface area contributed by atoms with Crippen molar-refractivity contribution in [1.29, 1.82) is 5.26 Å². The number of sulfone groups is 1. The van der Waals surface area contributed by atoms with E-state index in [0.717, 1.165) is 5.56 Å². The first-order chi connectivity index (χ1) is 18.3. The van der Waals surface area contributed by atoms with Crippen LogP contribution in [0.3, 0.4) is 0 Å². The van der Waals surface area contributed by atoms with Crippen LogP contribution in [-0.4, -0.2) is 81.9 Å². The number of carbonyl (C=O) groups excluding carboxylic acids is 2. The number of ether oxygens (including phenoxy) is 1. The Kier molecular flexibility index (Phi) is 7.89. The molecule has 1 saturated carbocycles. The van der Waals surface area contributed by atoms with Gasteiger partial charge < -0.3 is 20.1 Å². The molecule has 2 N–H and O–H groups in total. The number of aliphatic hydroxyl groups is 1. The summed E-state index contributed by atoms with van der Waals surface area (Å²) < 4.78 is 31.9. The molecule has 1 aliphatic carbocycles. The molecule has 0 unspecified atom stereocenters. The van der Waals surface area contributed by atoms with E-state index in [2.05, 4.69) is 16.5 Å². The topological polar surface area (TPSA) is 155 Å². The molecule has 1 aromatic carbocycles. The van der Waals surface area contributed by atoms with Crippen molar-refractivity contribution in [2.24, 2.45) is 7.05 Å². The number of amides is 2. The minimum absolute atomic E-state index is 0.0449. The number of aromatic nitrogens is 2. The Hall–Kier alpha value is -3.27. The first-order valence-electron chi connectivity index (χ1n) is 12.9. The molecule has 1 fully saturated rings. The zero-order chi connectivity index (χ0) is 28.6. The molecule has 11 nitrogen and oxygen atoms in total. The molecule has 1 aromatic heterocycles. The number of aliphatic hydroxyl groups excluding tert-OH is 1. The average molecular weight is 558 g/mol. The van der Waals surface area contributed by atoms with Crippen molar-refractivity contribution >= 4 is 21.7 Å². The summed E-state index contributed by atoms with van der Waals surface area (Å²) in [6.45, 7) is 5.39. The zero-order valence-electron chi connectivity index (χ0n) is 22.7. The van der Waals surface area contributed by atoms with Crippen molar-refractivity contribution in [3.05, 3.63) is 52.3 Å². The van der Waals surface area contributed by atoms with Crippen LogP contribution in [0.5, 0.6) is 0 Å². The maximum absolute atomic E-state index is 13.7.